The molecule has 0 heterocycles. The molecule has 0 spiro atoms. The highest BCUT2D eigenvalue weighted by Gasteiger charge is 2.22. The van der Waals surface area contributed by atoms with Crippen molar-refractivity contribution >= 4 is 53.5 Å². The predicted octanol–water partition coefficient (Wildman–Crippen LogP) is 6.76. The van der Waals surface area contributed by atoms with Crippen molar-refractivity contribution < 1.29 is 23.7 Å². The van der Waals surface area contributed by atoms with Crippen molar-refractivity contribution in [3.8, 4) is 28.7 Å². The normalized spacial score (nSPS) is 10.6. The molecule has 0 atom stereocenters. The number of benzene rings is 3. The minimum Gasteiger partial charge on any atom is -0.493 e. The van der Waals surface area contributed by atoms with Gasteiger partial charge in [-0.2, -0.15) is 0 Å². The van der Waals surface area contributed by atoms with Crippen molar-refractivity contribution in [1.29, 1.82) is 0 Å². The third kappa shape index (κ3) is 5.53. The number of rotatable bonds is 9. The second-order valence-corrected chi connectivity index (χ2v) is 9.38. The summed E-state index contributed by atoms with van der Waals surface area (Å²) in [5, 5.41) is 0. The van der Waals surface area contributed by atoms with Gasteiger partial charge in [0.05, 0.1) is 37.4 Å². The highest BCUT2D eigenvalue weighted by atomic mass is 79.9. The van der Waals surface area contributed by atoms with Crippen LogP contribution in [0.15, 0.2) is 49.8 Å². The Labute approximate surface area is 218 Å². The minimum atomic E-state index is 0.324. The molecule has 0 aliphatic rings. The van der Waals surface area contributed by atoms with Crippen LogP contribution in [-0.2, 0) is 13.0 Å². The zero-order valence-electron chi connectivity index (χ0n) is 18.6. The molecule has 0 fully saturated rings. The molecule has 2 N–H and O–H groups in total. The van der Waals surface area contributed by atoms with Crippen LogP contribution in [-0.4, -0.2) is 28.4 Å². The van der Waals surface area contributed by atoms with Gasteiger partial charge in [0.2, 0.25) is 0 Å². The summed E-state index contributed by atoms with van der Waals surface area (Å²) in [5.41, 5.74) is 9.38. The fourth-order valence-electron chi connectivity index (χ4n) is 3.38. The molecule has 0 aliphatic heterocycles. The lowest BCUT2D eigenvalue weighted by Crippen LogP contribution is -2.06. The van der Waals surface area contributed by atoms with Crippen molar-refractivity contribution in [1.82, 2.24) is 0 Å². The van der Waals surface area contributed by atoms with Gasteiger partial charge in [-0.15, -0.1) is 0 Å². The Morgan fingerprint density at radius 2 is 1.24 bits per heavy atom. The maximum atomic E-state index is 6.05. The minimum absolute atomic E-state index is 0.324. The van der Waals surface area contributed by atoms with Crippen LogP contribution in [0.4, 0.5) is 5.69 Å². The van der Waals surface area contributed by atoms with E-state index in [-0.39, 0.29) is 0 Å². The largest absolute Gasteiger partial charge is 0.493 e. The molecule has 3 rings (SSSR count). The van der Waals surface area contributed by atoms with Crippen LogP contribution in [0.25, 0.3) is 0 Å². The highest BCUT2D eigenvalue weighted by Crippen LogP contribution is 2.45. The zero-order chi connectivity index (χ0) is 24.1. The van der Waals surface area contributed by atoms with Gasteiger partial charge in [0.15, 0.2) is 23.0 Å². The Morgan fingerprint density at radius 1 is 0.697 bits per heavy atom. The van der Waals surface area contributed by atoms with Gasteiger partial charge in [0.1, 0.15) is 12.4 Å². The van der Waals surface area contributed by atoms with Gasteiger partial charge in [-0.05, 0) is 101 Å². The van der Waals surface area contributed by atoms with Gasteiger partial charge in [0, 0.05) is 16.6 Å². The van der Waals surface area contributed by atoms with E-state index in [1.165, 1.54) is 0 Å². The van der Waals surface area contributed by atoms with E-state index in [4.69, 9.17) is 29.4 Å². The van der Waals surface area contributed by atoms with Crippen molar-refractivity contribution in [2.75, 3.05) is 34.2 Å². The van der Waals surface area contributed by atoms with Gasteiger partial charge in [-0.3, -0.25) is 0 Å². The molecule has 0 aliphatic carbocycles. The zero-order valence-corrected chi connectivity index (χ0v) is 23.4. The van der Waals surface area contributed by atoms with Crippen LogP contribution in [0, 0.1) is 0 Å². The van der Waals surface area contributed by atoms with Gasteiger partial charge in [0.25, 0.3) is 0 Å². The maximum Gasteiger partial charge on any atom is 0.176 e. The summed E-state index contributed by atoms with van der Waals surface area (Å²) in [5.74, 6) is 3.18. The van der Waals surface area contributed by atoms with Crippen molar-refractivity contribution in [3.63, 3.8) is 0 Å². The van der Waals surface area contributed by atoms with E-state index >= 15 is 0 Å². The van der Waals surface area contributed by atoms with Gasteiger partial charge >= 0.3 is 0 Å². The van der Waals surface area contributed by atoms with Crippen LogP contribution in [0.5, 0.6) is 28.7 Å². The first-order valence-electron chi connectivity index (χ1n) is 9.83. The summed E-state index contributed by atoms with van der Waals surface area (Å²) >= 11 is 11.0. The third-order valence-corrected chi connectivity index (χ3v) is 8.11. The molecule has 0 bridgehead atoms. The van der Waals surface area contributed by atoms with Crippen molar-refractivity contribution in [3.05, 3.63) is 66.5 Å². The standard InChI is InChI=1S/C24H24Br3NO5/c1-29-18-10-13(20(25)22(27)24(18)32-4)9-17-14(11-19(30-2)23(31-3)21(17)26)12-33-16-7-5-15(28)6-8-16/h5-8,10-11H,9,12,28H2,1-4H3. The molecular weight excluding hydrogens is 622 g/mol. The number of methoxy groups -OCH3 is 4. The fraction of sp³-hybridized carbons (Fsp3) is 0.250. The number of hydrogen-bond acceptors (Lipinski definition) is 6. The first-order valence-corrected chi connectivity index (χ1v) is 12.2. The van der Waals surface area contributed by atoms with E-state index in [1.54, 1.807) is 40.6 Å². The summed E-state index contributed by atoms with van der Waals surface area (Å²) in [6, 6.07) is 11.2. The summed E-state index contributed by atoms with van der Waals surface area (Å²) < 4.78 is 30.7. The van der Waals surface area contributed by atoms with Crippen LogP contribution in [0.2, 0.25) is 0 Å². The SMILES string of the molecule is COc1cc(Cc2c(COc3ccc(N)cc3)cc(OC)c(OC)c2Br)c(Br)c(Br)c1OC. The first kappa shape index (κ1) is 25.5. The van der Waals surface area contributed by atoms with Gasteiger partial charge < -0.3 is 29.4 Å². The molecule has 3 aromatic carbocycles. The average molecular weight is 646 g/mol. The second-order valence-electron chi connectivity index (χ2n) is 7.00. The lowest BCUT2D eigenvalue weighted by Gasteiger charge is -2.20. The molecule has 6 nitrogen and oxygen atoms in total. The van der Waals surface area contributed by atoms with Crippen LogP contribution >= 0.6 is 47.8 Å². The molecule has 0 radical (unpaired) electrons. The lowest BCUT2D eigenvalue weighted by molar-refractivity contribution is 0.302. The number of ether oxygens (including phenoxy) is 5. The maximum absolute atomic E-state index is 6.05. The molecule has 33 heavy (non-hydrogen) atoms. The summed E-state index contributed by atoms with van der Waals surface area (Å²) in [6.07, 6.45) is 0.556. The van der Waals surface area contributed by atoms with Crippen LogP contribution < -0.4 is 29.4 Å². The number of halogens is 3. The van der Waals surface area contributed by atoms with Crippen LogP contribution in [0.1, 0.15) is 16.7 Å². The number of nitrogens with two attached hydrogens (primary N) is 1. The molecule has 0 amide bonds. The molecule has 0 saturated heterocycles. The summed E-state index contributed by atoms with van der Waals surface area (Å²) in [7, 11) is 6.43. The lowest BCUT2D eigenvalue weighted by atomic mass is 9.98. The Kier molecular flexibility index (Phi) is 8.78. The Balaban J connectivity index is 2.07. The Bertz CT molecular complexity index is 1140. The topological polar surface area (TPSA) is 72.2 Å². The predicted molar refractivity (Wildman–Crippen MR) is 140 cm³/mol. The molecule has 176 valence electrons. The fourth-order valence-corrected chi connectivity index (χ4v) is 5.18. The van der Waals surface area contributed by atoms with Crippen molar-refractivity contribution in [2.24, 2.45) is 0 Å². The molecule has 0 unspecified atom stereocenters. The van der Waals surface area contributed by atoms with Gasteiger partial charge in [-0.1, -0.05) is 0 Å². The second kappa shape index (κ2) is 11.4. The molecule has 9 heteroatoms. The Morgan fingerprint density at radius 3 is 1.79 bits per heavy atom. The molecular formula is C24H24Br3NO5. The van der Waals surface area contributed by atoms with E-state index in [9.17, 15) is 0 Å². The van der Waals surface area contributed by atoms with E-state index < -0.39 is 0 Å². The van der Waals surface area contributed by atoms with E-state index in [0.29, 0.717) is 41.7 Å². The van der Waals surface area contributed by atoms with Crippen LogP contribution in [0.3, 0.4) is 0 Å². The third-order valence-electron chi connectivity index (χ3n) is 5.07. The number of nitrogen functional groups attached to an aromatic ring is 1. The molecule has 0 aromatic heterocycles. The smallest absolute Gasteiger partial charge is 0.176 e. The quantitative estimate of drug-likeness (QED) is 0.259. The summed E-state index contributed by atoms with van der Waals surface area (Å²) in [6.45, 7) is 0.324. The monoisotopic (exact) mass is 643 g/mol. The van der Waals surface area contributed by atoms with E-state index in [0.717, 1.165) is 35.9 Å². The molecule has 0 saturated carbocycles. The summed E-state index contributed by atoms with van der Waals surface area (Å²) in [4.78, 5) is 0. The van der Waals surface area contributed by atoms with E-state index in [1.807, 2.05) is 24.3 Å². The van der Waals surface area contributed by atoms with E-state index in [2.05, 4.69) is 47.8 Å². The molecule has 3 aromatic rings. The number of hydrogen-bond donors (Lipinski definition) is 1. The van der Waals surface area contributed by atoms with Gasteiger partial charge in [-0.25, -0.2) is 0 Å². The average Bonchev–Trinajstić information content (AvgIpc) is 2.82. The number of anilines is 1. The first-order chi connectivity index (χ1) is 15.8. The highest BCUT2D eigenvalue weighted by molar-refractivity contribution is 9.13. The van der Waals surface area contributed by atoms with Crippen molar-refractivity contribution in [2.45, 2.75) is 13.0 Å². The Hall–Kier alpha value is -2.10.